The number of rotatable bonds is 7. The lowest BCUT2D eigenvalue weighted by atomic mass is 9.89. The van der Waals surface area contributed by atoms with Crippen LogP contribution < -0.4 is 0 Å². The fourth-order valence-corrected chi connectivity index (χ4v) is 1.30. The van der Waals surface area contributed by atoms with Crippen molar-refractivity contribution in [2.75, 3.05) is 0 Å². The van der Waals surface area contributed by atoms with Crippen molar-refractivity contribution in [3.63, 3.8) is 0 Å². The molecule has 0 rings (SSSR count). The normalized spacial score (nSPS) is 15.4. The van der Waals surface area contributed by atoms with Gasteiger partial charge in [-0.3, -0.25) is 0 Å². The van der Waals surface area contributed by atoms with Gasteiger partial charge in [-0.15, -0.1) is 13.2 Å². The molecule has 2 nitrogen and oxygen atoms in total. The Hall–Kier alpha value is -1.98. The molecule has 0 saturated carbocycles. The van der Waals surface area contributed by atoms with Crippen LogP contribution in [0.5, 0.6) is 0 Å². The summed E-state index contributed by atoms with van der Waals surface area (Å²) in [6.07, 6.45) is -7.83. The molecule has 0 spiro atoms. The first-order chi connectivity index (χ1) is 12.7. The van der Waals surface area contributed by atoms with Gasteiger partial charge < -0.3 is 5.11 Å². The quantitative estimate of drug-likeness (QED) is 0.356. The van der Waals surface area contributed by atoms with E-state index in [4.69, 9.17) is 5.11 Å². The highest BCUT2D eigenvalue weighted by Crippen LogP contribution is 2.63. The molecule has 0 unspecified atom stereocenters. The Morgan fingerprint density at radius 3 is 0.867 bits per heavy atom. The minimum atomic E-state index is -8.76. The summed E-state index contributed by atoms with van der Waals surface area (Å²) in [6, 6.07) is 0. The summed E-state index contributed by atoms with van der Waals surface area (Å²) < 4.78 is 214. The molecule has 0 amide bonds. The van der Waals surface area contributed by atoms with Crippen LogP contribution in [0.15, 0.2) is 13.2 Å². The van der Waals surface area contributed by atoms with E-state index >= 15 is 0 Å². The molecule has 0 aromatic carbocycles. The largest absolute Gasteiger partial charge is 0.477 e. The second-order valence-corrected chi connectivity index (χ2v) is 4.82. The molecule has 0 heterocycles. The lowest BCUT2D eigenvalue weighted by molar-refractivity contribution is -0.459. The zero-order chi connectivity index (χ0) is 25.6. The molecule has 0 saturated heterocycles. The third kappa shape index (κ3) is 3.63. The molecule has 0 aliphatic rings. The molecule has 0 atom stereocenters. The van der Waals surface area contributed by atoms with E-state index in [0.717, 1.165) is 0 Å². The predicted octanol–water partition coefficient (Wildman–Crippen LogP) is 5.88. The molecule has 0 aromatic heterocycles. The molecular weight excluding hydrogens is 487 g/mol. The van der Waals surface area contributed by atoms with Gasteiger partial charge in [-0.05, 0) is 0 Å². The van der Waals surface area contributed by atoms with Gasteiger partial charge in [0.15, 0.2) is 0 Å². The highest BCUT2D eigenvalue weighted by atomic mass is 19.4. The van der Waals surface area contributed by atoms with Crippen LogP contribution in [0.1, 0.15) is 0 Å². The van der Waals surface area contributed by atoms with E-state index < -0.39 is 53.6 Å². The summed E-state index contributed by atoms with van der Waals surface area (Å²) in [4.78, 5) is 9.77. The van der Waals surface area contributed by atoms with Crippen LogP contribution in [0.3, 0.4) is 0 Å². The second kappa shape index (κ2) is 7.61. The Morgan fingerprint density at radius 2 is 0.667 bits per heavy atom. The van der Waals surface area contributed by atoms with Crippen LogP contribution in [-0.4, -0.2) is 58.7 Å². The van der Waals surface area contributed by atoms with Crippen molar-refractivity contribution < 1.29 is 84.5 Å². The highest BCUT2D eigenvalue weighted by molar-refractivity contribution is 5.77. The maximum Gasteiger partial charge on any atom is 0.460 e. The first-order valence-corrected chi connectivity index (χ1v) is 6.14. The molecule has 0 bridgehead atoms. The number of hydrogen-bond donors (Lipinski definition) is 1. The van der Waals surface area contributed by atoms with Crippen molar-refractivity contribution in [3.8, 4) is 0 Å². The summed E-state index contributed by atoms with van der Waals surface area (Å²) in [5.41, 5.74) is 0. The lowest BCUT2D eigenvalue weighted by Crippen LogP contribution is -2.75. The van der Waals surface area contributed by atoms with Crippen LogP contribution in [0.4, 0.5) is 74.6 Å². The first-order valence-electron chi connectivity index (χ1n) is 6.14. The summed E-state index contributed by atoms with van der Waals surface area (Å²) >= 11 is 0. The third-order valence-corrected chi connectivity index (χ3v) is 2.99. The van der Waals surface area contributed by atoms with Crippen LogP contribution >= 0.6 is 0 Å². The second-order valence-electron chi connectivity index (χ2n) is 4.82. The Labute approximate surface area is 152 Å². The smallest absolute Gasteiger partial charge is 0.460 e. The predicted molar refractivity (Wildman–Crippen MR) is 59.6 cm³/mol. The fourth-order valence-electron chi connectivity index (χ4n) is 1.30. The summed E-state index contributed by atoms with van der Waals surface area (Å²) in [5.74, 6) is -62.9. The van der Waals surface area contributed by atoms with Crippen molar-refractivity contribution in [1.82, 2.24) is 0 Å². The number of carboxylic acids is 1. The van der Waals surface area contributed by atoms with Crippen molar-refractivity contribution in [2.24, 2.45) is 0 Å². The van der Waals surface area contributed by atoms with Gasteiger partial charge in [0.25, 0.3) is 0 Å². The standard InChI is InChI=1S/C9HF17O2.C2H4/c10-2(11,1(27)28)3(12,13)4(14,15)5(16,17)6(18,19)7(20,21)8(22,23)9(24,25)26;1-2/h(H,27,28);1-2H2. The molecular formula is C11H5F17O2. The summed E-state index contributed by atoms with van der Waals surface area (Å²) in [5, 5.41) is 7.59. The number of carboxylic acid groups (broad SMARTS) is 1. The van der Waals surface area contributed by atoms with Gasteiger partial charge in [0.2, 0.25) is 0 Å². The Balaban J connectivity index is 0. The number of alkyl halides is 17. The van der Waals surface area contributed by atoms with Gasteiger partial charge in [0, 0.05) is 0 Å². The minimum Gasteiger partial charge on any atom is -0.477 e. The van der Waals surface area contributed by atoms with Crippen LogP contribution in [0.25, 0.3) is 0 Å². The van der Waals surface area contributed by atoms with Crippen LogP contribution in [0, 0.1) is 0 Å². The molecule has 0 aliphatic carbocycles. The average Bonchev–Trinajstić information content (AvgIpc) is 2.54. The van der Waals surface area contributed by atoms with Gasteiger partial charge in [-0.1, -0.05) is 0 Å². The van der Waals surface area contributed by atoms with Crippen molar-refractivity contribution in [3.05, 3.63) is 13.2 Å². The van der Waals surface area contributed by atoms with Gasteiger partial charge in [-0.25, -0.2) is 4.79 Å². The summed E-state index contributed by atoms with van der Waals surface area (Å²) in [6.45, 7) is 6.00. The minimum absolute atomic E-state index is 3.00. The Kier molecular flexibility index (Phi) is 7.67. The number of hydrogen-bond acceptors (Lipinski definition) is 1. The van der Waals surface area contributed by atoms with E-state index in [1.54, 1.807) is 0 Å². The van der Waals surface area contributed by atoms with Crippen molar-refractivity contribution in [1.29, 1.82) is 0 Å². The fraction of sp³-hybridized carbons (Fsp3) is 0.727. The Morgan fingerprint density at radius 1 is 0.467 bits per heavy atom. The van der Waals surface area contributed by atoms with Crippen LogP contribution in [-0.2, 0) is 4.79 Å². The van der Waals surface area contributed by atoms with E-state index in [-0.39, 0.29) is 0 Å². The number of halogens is 17. The van der Waals surface area contributed by atoms with E-state index in [1.165, 1.54) is 0 Å². The SMILES string of the molecule is C=C.O=C(O)C(F)(F)C(F)(F)C(F)(F)C(F)(F)C(F)(F)C(F)(F)C(F)(F)C(F)(F)F. The lowest BCUT2D eigenvalue weighted by Gasteiger charge is -2.42. The molecule has 0 aliphatic heterocycles. The third-order valence-electron chi connectivity index (χ3n) is 2.99. The molecule has 0 radical (unpaired) electrons. The molecule has 0 aromatic rings. The van der Waals surface area contributed by atoms with E-state index in [9.17, 15) is 79.4 Å². The topological polar surface area (TPSA) is 37.3 Å². The summed E-state index contributed by atoms with van der Waals surface area (Å²) in [7, 11) is 0. The van der Waals surface area contributed by atoms with Gasteiger partial charge in [0.05, 0.1) is 0 Å². The van der Waals surface area contributed by atoms with Gasteiger partial charge >= 0.3 is 53.6 Å². The molecule has 1 N–H and O–H groups in total. The van der Waals surface area contributed by atoms with E-state index in [2.05, 4.69) is 13.2 Å². The Bertz CT molecular complexity index is 632. The first kappa shape index (κ1) is 30.2. The van der Waals surface area contributed by atoms with E-state index in [0.29, 0.717) is 0 Å². The van der Waals surface area contributed by atoms with E-state index in [1.807, 2.05) is 0 Å². The maximum absolute atomic E-state index is 13.0. The van der Waals surface area contributed by atoms with Crippen molar-refractivity contribution >= 4 is 5.97 Å². The molecule has 0 fully saturated rings. The number of carbonyl (C=O) groups is 1. The van der Waals surface area contributed by atoms with Crippen LogP contribution in [0.2, 0.25) is 0 Å². The monoisotopic (exact) mass is 492 g/mol. The zero-order valence-corrected chi connectivity index (χ0v) is 13.2. The molecule has 180 valence electrons. The van der Waals surface area contributed by atoms with Crippen molar-refractivity contribution in [2.45, 2.75) is 47.6 Å². The van der Waals surface area contributed by atoms with Gasteiger partial charge in [0.1, 0.15) is 0 Å². The van der Waals surface area contributed by atoms with Gasteiger partial charge in [-0.2, -0.15) is 74.6 Å². The maximum atomic E-state index is 13.0. The highest BCUT2D eigenvalue weighted by Gasteiger charge is 2.95. The molecule has 30 heavy (non-hydrogen) atoms. The average molecular weight is 492 g/mol. The zero-order valence-electron chi connectivity index (χ0n) is 13.2. The molecule has 19 heteroatoms. The number of aliphatic carboxylic acids is 1.